The monoisotopic (exact) mass is 423 g/mol. The average Bonchev–Trinajstić information content (AvgIpc) is 3.10. The Bertz CT molecular complexity index is 842. The number of anilines is 1. The summed E-state index contributed by atoms with van der Waals surface area (Å²) in [6.45, 7) is 5.72. The normalized spacial score (nSPS) is 41.4. The molecule has 0 radical (unpaired) electrons. The first kappa shape index (κ1) is 20.8. The Kier molecular flexibility index (Phi) is 5.26. The summed E-state index contributed by atoms with van der Waals surface area (Å²) in [5.41, 5.74) is 1.42. The van der Waals surface area contributed by atoms with E-state index in [1.165, 1.54) is 32.1 Å². The van der Waals surface area contributed by atoms with Gasteiger partial charge in [-0.2, -0.15) is 0 Å². The minimum atomic E-state index is -0.0992. The van der Waals surface area contributed by atoms with Crippen LogP contribution in [0.1, 0.15) is 65.2 Å². The lowest BCUT2D eigenvalue weighted by Gasteiger charge is -2.60. The van der Waals surface area contributed by atoms with Crippen molar-refractivity contribution < 1.29 is 9.59 Å². The van der Waals surface area contributed by atoms with Crippen molar-refractivity contribution in [2.75, 3.05) is 11.9 Å². The fraction of sp³-hybridized carbons (Fsp3) is 0.692. The number of urea groups is 1. The van der Waals surface area contributed by atoms with Gasteiger partial charge in [-0.15, -0.1) is 0 Å². The summed E-state index contributed by atoms with van der Waals surface area (Å²) >= 11 is 0. The van der Waals surface area contributed by atoms with E-state index in [1.54, 1.807) is 0 Å². The van der Waals surface area contributed by atoms with Crippen LogP contribution in [-0.4, -0.2) is 24.5 Å². The summed E-state index contributed by atoms with van der Waals surface area (Å²) in [5, 5.41) is 9.44. The maximum absolute atomic E-state index is 12.4. The van der Waals surface area contributed by atoms with Crippen molar-refractivity contribution in [3.05, 3.63) is 30.3 Å². The summed E-state index contributed by atoms with van der Waals surface area (Å²) in [4.78, 5) is 24.4. The average molecular weight is 424 g/mol. The number of piperidine rings is 1. The van der Waals surface area contributed by atoms with Crippen LogP contribution in [-0.2, 0) is 4.79 Å². The predicted octanol–water partition coefficient (Wildman–Crippen LogP) is 4.95. The van der Waals surface area contributed by atoms with Crippen molar-refractivity contribution in [2.24, 2.45) is 34.5 Å². The lowest BCUT2D eigenvalue weighted by molar-refractivity contribution is -0.136. The molecule has 1 saturated heterocycles. The Morgan fingerprint density at radius 2 is 1.77 bits per heavy atom. The van der Waals surface area contributed by atoms with Crippen LogP contribution in [0.4, 0.5) is 10.5 Å². The number of carbonyl (C=O) groups is 2. The van der Waals surface area contributed by atoms with Gasteiger partial charge >= 0.3 is 6.03 Å². The van der Waals surface area contributed by atoms with Gasteiger partial charge in [0.25, 0.3) is 0 Å². The van der Waals surface area contributed by atoms with E-state index in [9.17, 15) is 9.59 Å². The first-order valence-electron chi connectivity index (χ1n) is 12.3. The molecule has 1 aromatic carbocycles. The maximum Gasteiger partial charge on any atom is 0.319 e. The topological polar surface area (TPSA) is 70.2 Å². The van der Waals surface area contributed by atoms with Gasteiger partial charge in [-0.25, -0.2) is 4.79 Å². The zero-order chi connectivity index (χ0) is 21.6. The van der Waals surface area contributed by atoms with Crippen LogP contribution >= 0.6 is 0 Å². The molecule has 0 spiro atoms. The van der Waals surface area contributed by atoms with Crippen LogP contribution < -0.4 is 16.0 Å². The summed E-state index contributed by atoms with van der Waals surface area (Å²) in [7, 11) is 0. The highest BCUT2D eigenvalue weighted by Gasteiger charge is 2.60. The largest absolute Gasteiger partial charge is 0.353 e. The fourth-order valence-electron chi connectivity index (χ4n) is 8.06. The lowest BCUT2D eigenvalue weighted by Crippen LogP contribution is -2.61. The van der Waals surface area contributed by atoms with Crippen molar-refractivity contribution in [3.8, 4) is 0 Å². The second kappa shape index (κ2) is 7.83. The van der Waals surface area contributed by atoms with Crippen LogP contribution in [0.5, 0.6) is 0 Å². The molecule has 3 aliphatic carbocycles. The quantitative estimate of drug-likeness (QED) is 0.644. The van der Waals surface area contributed by atoms with Crippen molar-refractivity contribution >= 4 is 17.6 Å². The first-order chi connectivity index (χ1) is 14.9. The Morgan fingerprint density at radius 1 is 1.00 bits per heavy atom. The molecule has 5 heteroatoms. The first-order valence-corrected chi connectivity index (χ1v) is 12.3. The Morgan fingerprint density at radius 3 is 2.58 bits per heavy atom. The highest BCUT2D eigenvalue weighted by atomic mass is 16.2. The van der Waals surface area contributed by atoms with Gasteiger partial charge in [0.05, 0.1) is 0 Å². The molecule has 5 rings (SSSR count). The van der Waals surface area contributed by atoms with E-state index in [-0.39, 0.29) is 17.4 Å². The Hall–Kier alpha value is -2.04. The minimum Gasteiger partial charge on any atom is -0.353 e. The molecule has 3 saturated carbocycles. The van der Waals surface area contributed by atoms with Crippen molar-refractivity contribution in [1.82, 2.24) is 10.6 Å². The number of amides is 3. The number of para-hydroxylation sites is 1. The molecule has 0 bridgehead atoms. The number of rotatable bonds is 3. The summed E-state index contributed by atoms with van der Waals surface area (Å²) < 4.78 is 0. The van der Waals surface area contributed by atoms with Crippen LogP contribution in [0.25, 0.3) is 0 Å². The van der Waals surface area contributed by atoms with Crippen LogP contribution in [0.2, 0.25) is 0 Å². The van der Waals surface area contributed by atoms with Gasteiger partial charge in [-0.05, 0) is 91.6 Å². The molecule has 5 nitrogen and oxygen atoms in total. The number of benzene rings is 1. The third-order valence-electron chi connectivity index (χ3n) is 9.83. The molecule has 4 fully saturated rings. The van der Waals surface area contributed by atoms with Gasteiger partial charge in [-0.1, -0.05) is 32.0 Å². The molecule has 7 atom stereocenters. The van der Waals surface area contributed by atoms with Gasteiger partial charge in [0.1, 0.15) is 0 Å². The molecular weight excluding hydrogens is 386 g/mol. The van der Waals surface area contributed by atoms with E-state index >= 15 is 0 Å². The molecule has 2 unspecified atom stereocenters. The highest BCUT2D eigenvalue weighted by molar-refractivity contribution is 5.89. The number of hydrogen-bond acceptors (Lipinski definition) is 2. The van der Waals surface area contributed by atoms with E-state index < -0.39 is 0 Å². The van der Waals surface area contributed by atoms with E-state index in [0.717, 1.165) is 42.8 Å². The number of hydrogen-bond donors (Lipinski definition) is 3. The van der Waals surface area contributed by atoms with Crippen molar-refractivity contribution in [1.29, 1.82) is 0 Å². The summed E-state index contributed by atoms with van der Waals surface area (Å²) in [5.74, 6) is 3.07. The SMILES string of the molecule is C[C@]12CCC(=O)NC1CC[C@@H]1[C@H]2CC[C@]2(C)C(CNC(=O)Nc3ccccc3)CC[C@@H]12. The molecule has 0 aromatic heterocycles. The smallest absolute Gasteiger partial charge is 0.319 e. The molecule has 3 N–H and O–H groups in total. The molecule has 31 heavy (non-hydrogen) atoms. The molecule has 1 aliphatic heterocycles. The zero-order valence-electron chi connectivity index (χ0n) is 19.0. The second-order valence-electron chi connectivity index (χ2n) is 11.1. The fourth-order valence-corrected chi connectivity index (χ4v) is 8.06. The molecular formula is C26H37N3O2. The number of nitrogens with one attached hydrogen (secondary N) is 3. The molecule has 1 aromatic rings. The summed E-state index contributed by atoms with van der Waals surface area (Å²) in [6, 6.07) is 9.93. The molecule has 3 amide bonds. The summed E-state index contributed by atoms with van der Waals surface area (Å²) in [6.07, 6.45) is 9.16. The van der Waals surface area contributed by atoms with E-state index in [1.807, 2.05) is 30.3 Å². The molecule has 1 heterocycles. The van der Waals surface area contributed by atoms with Crippen molar-refractivity contribution in [3.63, 3.8) is 0 Å². The van der Waals surface area contributed by atoms with Crippen molar-refractivity contribution in [2.45, 2.75) is 71.3 Å². The van der Waals surface area contributed by atoms with E-state index in [4.69, 9.17) is 0 Å². The maximum atomic E-state index is 12.4. The Balaban J connectivity index is 1.24. The third kappa shape index (κ3) is 3.54. The number of fused-ring (bicyclic) bond motifs is 5. The third-order valence-corrected chi connectivity index (χ3v) is 9.83. The van der Waals surface area contributed by atoms with E-state index in [0.29, 0.717) is 23.8 Å². The van der Waals surface area contributed by atoms with Crippen LogP contribution in [0.3, 0.4) is 0 Å². The molecule has 168 valence electrons. The molecule has 4 aliphatic rings. The van der Waals surface area contributed by atoms with Crippen LogP contribution in [0, 0.1) is 34.5 Å². The second-order valence-corrected chi connectivity index (χ2v) is 11.1. The van der Waals surface area contributed by atoms with Gasteiger partial charge in [0.15, 0.2) is 0 Å². The van der Waals surface area contributed by atoms with Gasteiger partial charge in [0, 0.05) is 24.7 Å². The standard InChI is InChI=1S/C26H37N3O2/c1-25-14-12-21-19(9-11-22-26(21,2)15-13-23(30)29-22)20(25)10-8-17(25)16-27-24(31)28-18-6-4-3-5-7-18/h3-7,17,19-22H,8-16H2,1-2H3,(H,29,30)(H2,27,28,31)/t17?,19-,20-,21+,22?,25+,26+/m0/s1. The van der Waals surface area contributed by atoms with Gasteiger partial charge in [-0.3, -0.25) is 4.79 Å². The minimum absolute atomic E-state index is 0.0992. The Labute approximate surface area is 186 Å². The lowest BCUT2D eigenvalue weighted by atomic mass is 9.47. The highest BCUT2D eigenvalue weighted by Crippen LogP contribution is 2.65. The zero-order valence-corrected chi connectivity index (χ0v) is 19.0. The van der Waals surface area contributed by atoms with Gasteiger partial charge < -0.3 is 16.0 Å². The van der Waals surface area contributed by atoms with Gasteiger partial charge in [0.2, 0.25) is 5.91 Å². The predicted molar refractivity (Wildman–Crippen MR) is 123 cm³/mol. The number of carbonyl (C=O) groups excluding carboxylic acids is 2. The van der Waals surface area contributed by atoms with Crippen LogP contribution in [0.15, 0.2) is 30.3 Å². The van der Waals surface area contributed by atoms with E-state index in [2.05, 4.69) is 29.8 Å².